The highest BCUT2D eigenvalue weighted by Crippen LogP contribution is 2.51. The molecule has 0 amide bonds. The molecule has 0 saturated heterocycles. The maximum atomic E-state index is 9.70. The summed E-state index contributed by atoms with van der Waals surface area (Å²) in [6.45, 7) is 4.65. The summed E-state index contributed by atoms with van der Waals surface area (Å²) >= 11 is 0. The van der Waals surface area contributed by atoms with Gasteiger partial charge in [0.1, 0.15) is 0 Å². The van der Waals surface area contributed by atoms with Crippen LogP contribution >= 0.6 is 0 Å². The Morgan fingerprint density at radius 2 is 0.824 bits per heavy atom. The molecule has 0 unspecified atom stereocenters. The Bertz CT molecular complexity index is 4060. The molecule has 0 aromatic heterocycles. The summed E-state index contributed by atoms with van der Waals surface area (Å²) in [5.74, 6) is 0. The third-order valence-corrected chi connectivity index (χ3v) is 14.6. The van der Waals surface area contributed by atoms with E-state index in [9.17, 15) is 5.26 Å². The third-order valence-electron chi connectivity index (χ3n) is 14.6. The van der Waals surface area contributed by atoms with E-state index in [-0.39, 0.29) is 5.41 Å². The molecule has 1 aliphatic carbocycles. The SMILES string of the molecule is CC1(C)c2ccccc2-c2ccc(N(c3ccc(C#N)cc3)c3ccc4cc(-c5ccc6c(-c7cccc8ccccc78)c7ccccc7c(-c7cccc8ccccc78)c6c5)ccc4c3)cc21. The van der Waals surface area contributed by atoms with Crippen LogP contribution < -0.4 is 4.90 Å². The van der Waals surface area contributed by atoms with E-state index in [1.54, 1.807) is 0 Å². The van der Waals surface area contributed by atoms with Crippen molar-refractivity contribution < 1.29 is 0 Å². The zero-order valence-electron chi connectivity index (χ0n) is 37.8. The lowest BCUT2D eigenvalue weighted by molar-refractivity contribution is 0.660. The van der Waals surface area contributed by atoms with Crippen molar-refractivity contribution in [3.63, 3.8) is 0 Å². The van der Waals surface area contributed by atoms with Gasteiger partial charge in [-0.15, -0.1) is 0 Å². The lowest BCUT2D eigenvalue weighted by Crippen LogP contribution is -2.16. The minimum atomic E-state index is -0.138. The number of nitriles is 1. The standard InChI is InChI=1S/C66H44N2/c1-66(2)62-24-10-9-19-54(62)55-36-34-51(40-63(55)66)68(49-31-25-42(41-67)26-32-49)50-33-29-46-37-45(27-28-47(46)38-50)48-30-35-60-61(39-48)65(57-23-12-16-44-14-4-6-18-53(44)57)59-21-8-7-20-58(59)64(60)56-22-11-15-43-13-3-5-17-52(43)56/h3-40H,1-2H3. The predicted molar refractivity (Wildman–Crippen MR) is 287 cm³/mol. The molecule has 2 nitrogen and oxygen atoms in total. The van der Waals surface area contributed by atoms with Gasteiger partial charge in [0.05, 0.1) is 11.6 Å². The van der Waals surface area contributed by atoms with E-state index in [4.69, 9.17) is 0 Å². The lowest BCUT2D eigenvalue weighted by Gasteiger charge is -2.28. The molecule has 0 radical (unpaired) electrons. The first-order valence-corrected chi connectivity index (χ1v) is 23.5. The van der Waals surface area contributed by atoms with Crippen molar-refractivity contribution in [2.24, 2.45) is 0 Å². The first-order valence-electron chi connectivity index (χ1n) is 23.5. The Labute approximate surface area is 396 Å². The van der Waals surface area contributed by atoms with Crippen LogP contribution in [0, 0.1) is 11.3 Å². The fourth-order valence-electron chi connectivity index (χ4n) is 11.3. The first-order chi connectivity index (χ1) is 33.4. The molecule has 0 fully saturated rings. The second kappa shape index (κ2) is 15.4. The van der Waals surface area contributed by atoms with Gasteiger partial charge in [0, 0.05) is 22.5 Å². The van der Waals surface area contributed by atoms with Gasteiger partial charge in [-0.2, -0.15) is 5.26 Å². The monoisotopic (exact) mass is 864 g/mol. The summed E-state index contributed by atoms with van der Waals surface area (Å²) in [5, 5.41) is 21.9. The fraction of sp³-hybridized carbons (Fsp3) is 0.0455. The van der Waals surface area contributed by atoms with E-state index < -0.39 is 0 Å². The smallest absolute Gasteiger partial charge is 0.0991 e. The van der Waals surface area contributed by atoms with Gasteiger partial charge in [0.2, 0.25) is 0 Å². The Hall–Kier alpha value is -8.77. The highest BCUT2D eigenvalue weighted by Gasteiger charge is 2.35. The van der Waals surface area contributed by atoms with E-state index in [0.29, 0.717) is 5.56 Å². The molecule has 0 bridgehead atoms. The molecule has 2 heteroatoms. The van der Waals surface area contributed by atoms with Crippen molar-refractivity contribution in [3.8, 4) is 50.6 Å². The molecule has 13 rings (SSSR count). The van der Waals surface area contributed by atoms with Crippen LogP contribution in [-0.4, -0.2) is 0 Å². The molecule has 318 valence electrons. The summed E-state index contributed by atoms with van der Waals surface area (Å²) in [6, 6.07) is 86.6. The van der Waals surface area contributed by atoms with Gasteiger partial charge in [-0.1, -0.05) is 184 Å². The number of rotatable bonds is 6. The summed E-state index contributed by atoms with van der Waals surface area (Å²) in [7, 11) is 0. The summed E-state index contributed by atoms with van der Waals surface area (Å²) in [4.78, 5) is 2.32. The third kappa shape index (κ3) is 6.17. The van der Waals surface area contributed by atoms with E-state index in [1.165, 1.54) is 104 Å². The van der Waals surface area contributed by atoms with Crippen LogP contribution in [0.25, 0.3) is 98.4 Å². The van der Waals surface area contributed by atoms with E-state index in [0.717, 1.165) is 22.4 Å². The fourth-order valence-corrected chi connectivity index (χ4v) is 11.3. The van der Waals surface area contributed by atoms with Crippen molar-refractivity contribution in [1.29, 1.82) is 5.26 Å². The van der Waals surface area contributed by atoms with E-state index in [1.807, 2.05) is 12.1 Å². The molecule has 0 saturated carbocycles. The maximum absolute atomic E-state index is 9.70. The molecule has 0 atom stereocenters. The number of fused-ring (bicyclic) bond motifs is 8. The molecule has 12 aromatic rings. The highest BCUT2D eigenvalue weighted by molar-refractivity contribution is 6.25. The molecule has 12 aromatic carbocycles. The van der Waals surface area contributed by atoms with Crippen molar-refractivity contribution in [2.75, 3.05) is 4.90 Å². The molecular formula is C66H44N2. The number of nitrogens with zero attached hydrogens (tertiary/aromatic N) is 2. The quantitative estimate of drug-likeness (QED) is 0.156. The van der Waals surface area contributed by atoms with Gasteiger partial charge in [0.15, 0.2) is 0 Å². The second-order valence-corrected chi connectivity index (χ2v) is 18.8. The number of anilines is 3. The van der Waals surface area contributed by atoms with Crippen LogP contribution in [0.15, 0.2) is 231 Å². The van der Waals surface area contributed by atoms with Crippen LogP contribution in [0.2, 0.25) is 0 Å². The summed E-state index contributed by atoms with van der Waals surface area (Å²) < 4.78 is 0. The van der Waals surface area contributed by atoms with Gasteiger partial charge in [-0.3, -0.25) is 0 Å². The highest BCUT2D eigenvalue weighted by atomic mass is 15.1. The van der Waals surface area contributed by atoms with Crippen LogP contribution in [0.4, 0.5) is 17.1 Å². The zero-order chi connectivity index (χ0) is 45.5. The van der Waals surface area contributed by atoms with E-state index in [2.05, 4.69) is 243 Å². The molecule has 1 aliphatic rings. The van der Waals surface area contributed by atoms with Crippen molar-refractivity contribution in [1.82, 2.24) is 0 Å². The summed E-state index contributed by atoms with van der Waals surface area (Å²) in [5.41, 5.74) is 16.2. The zero-order valence-corrected chi connectivity index (χ0v) is 37.8. The van der Waals surface area contributed by atoms with E-state index >= 15 is 0 Å². The minimum Gasteiger partial charge on any atom is -0.310 e. The topological polar surface area (TPSA) is 27.0 Å². The first kappa shape index (κ1) is 39.6. The Kier molecular flexibility index (Phi) is 8.97. The number of benzene rings is 12. The van der Waals surface area contributed by atoms with Crippen LogP contribution in [0.5, 0.6) is 0 Å². The van der Waals surface area contributed by atoms with Crippen LogP contribution in [-0.2, 0) is 5.41 Å². The minimum absolute atomic E-state index is 0.138. The average molecular weight is 865 g/mol. The van der Waals surface area contributed by atoms with Gasteiger partial charge in [-0.05, 0) is 170 Å². The van der Waals surface area contributed by atoms with Gasteiger partial charge >= 0.3 is 0 Å². The maximum Gasteiger partial charge on any atom is 0.0991 e. The Morgan fingerprint density at radius 1 is 0.338 bits per heavy atom. The molecular weight excluding hydrogens is 821 g/mol. The predicted octanol–water partition coefficient (Wildman–Crippen LogP) is 18.1. The van der Waals surface area contributed by atoms with Gasteiger partial charge in [0.25, 0.3) is 0 Å². The molecule has 0 heterocycles. The lowest BCUT2D eigenvalue weighted by atomic mass is 9.82. The number of hydrogen-bond acceptors (Lipinski definition) is 2. The second-order valence-electron chi connectivity index (χ2n) is 18.8. The Balaban J connectivity index is 0.978. The van der Waals surface area contributed by atoms with Gasteiger partial charge < -0.3 is 4.90 Å². The van der Waals surface area contributed by atoms with Crippen LogP contribution in [0.1, 0.15) is 30.5 Å². The van der Waals surface area contributed by atoms with Crippen molar-refractivity contribution >= 4 is 70.9 Å². The molecule has 68 heavy (non-hydrogen) atoms. The number of hydrogen-bond donors (Lipinski definition) is 0. The molecule has 0 spiro atoms. The van der Waals surface area contributed by atoms with Crippen molar-refractivity contribution in [3.05, 3.63) is 247 Å². The Morgan fingerprint density at radius 3 is 1.53 bits per heavy atom. The normalized spacial score (nSPS) is 12.7. The van der Waals surface area contributed by atoms with Crippen molar-refractivity contribution in [2.45, 2.75) is 19.3 Å². The average Bonchev–Trinajstić information content (AvgIpc) is 3.62. The molecule has 0 aliphatic heterocycles. The summed E-state index contributed by atoms with van der Waals surface area (Å²) in [6.07, 6.45) is 0. The largest absolute Gasteiger partial charge is 0.310 e. The molecule has 0 N–H and O–H groups in total. The van der Waals surface area contributed by atoms with Crippen LogP contribution in [0.3, 0.4) is 0 Å². The van der Waals surface area contributed by atoms with Gasteiger partial charge in [-0.25, -0.2) is 0 Å².